The van der Waals surface area contributed by atoms with Crippen molar-refractivity contribution in [3.8, 4) is 0 Å². The van der Waals surface area contributed by atoms with Crippen molar-refractivity contribution in [3.05, 3.63) is 0 Å². The molecule has 0 saturated carbocycles. The Kier molecular flexibility index (Phi) is 5.01. The second kappa shape index (κ2) is 5.02. The molecule has 0 bridgehead atoms. The van der Waals surface area contributed by atoms with Crippen LogP contribution in [0.5, 0.6) is 0 Å². The third kappa shape index (κ3) is 3.32. The van der Waals surface area contributed by atoms with Gasteiger partial charge in [-0.1, -0.05) is 0 Å². The predicted molar refractivity (Wildman–Crippen MR) is 57.7 cm³/mol. The minimum Gasteiger partial charge on any atom is -0.480 e. The summed E-state index contributed by atoms with van der Waals surface area (Å²) in [7, 11) is 0. The number of hydrogen-bond acceptors (Lipinski definition) is 6. The van der Waals surface area contributed by atoms with Gasteiger partial charge in [-0.15, -0.1) is 25.3 Å². The molecule has 0 rings (SSSR count). The number of carboxylic acid groups (broad SMARTS) is 1. The second-order valence-corrected chi connectivity index (χ2v) is 4.47. The molecule has 0 aromatic rings. The predicted octanol–water partition coefficient (Wildman–Crippen LogP) is 0.488. The Morgan fingerprint density at radius 2 is 2.00 bits per heavy atom. The Balaban J connectivity index is 4.54. The third-order valence-corrected chi connectivity index (χ3v) is 3.09. The Morgan fingerprint density at radius 1 is 1.54 bits per heavy atom. The number of thiol groups is 3. The first kappa shape index (κ1) is 13.0. The Morgan fingerprint density at radius 3 is 2.31 bits per heavy atom. The van der Waals surface area contributed by atoms with E-state index >= 15 is 0 Å². The second-order valence-electron chi connectivity index (χ2n) is 2.19. The van der Waals surface area contributed by atoms with E-state index in [1.807, 2.05) is 0 Å². The molecule has 0 fully saturated rings. The molecule has 0 aliphatic heterocycles. The normalized spacial score (nSPS) is 13.5. The number of carbonyl (C=O) groups excluding carboxylic acids is 1. The summed E-state index contributed by atoms with van der Waals surface area (Å²) in [6.07, 6.45) is 0. The first-order valence-electron chi connectivity index (χ1n) is 3.36. The van der Waals surface area contributed by atoms with Crippen molar-refractivity contribution in [1.82, 2.24) is 0 Å². The largest absolute Gasteiger partial charge is 0.480 e. The monoisotopic (exact) mass is 242 g/mol. The van der Waals surface area contributed by atoms with E-state index in [0.29, 0.717) is 0 Å². The van der Waals surface area contributed by atoms with Gasteiger partial charge in [-0.25, -0.2) is 4.79 Å². The zero-order chi connectivity index (χ0) is 10.6. The van der Waals surface area contributed by atoms with Crippen LogP contribution in [0.2, 0.25) is 0 Å². The van der Waals surface area contributed by atoms with E-state index in [9.17, 15) is 9.59 Å². The van der Waals surface area contributed by atoms with E-state index in [0.717, 1.165) is 0 Å². The van der Waals surface area contributed by atoms with Gasteiger partial charge in [-0.3, -0.25) is 4.79 Å². The van der Waals surface area contributed by atoms with E-state index < -0.39 is 21.3 Å². The first-order valence-corrected chi connectivity index (χ1v) is 4.78. The Bertz CT molecular complexity index is 216. The van der Waals surface area contributed by atoms with Gasteiger partial charge in [-0.2, -0.15) is 12.6 Å². The molecular formula is C6H10O4S3. The summed E-state index contributed by atoms with van der Waals surface area (Å²) in [5.41, 5.74) is 0. The van der Waals surface area contributed by atoms with Crippen LogP contribution < -0.4 is 0 Å². The zero-order valence-electron chi connectivity index (χ0n) is 6.80. The molecule has 1 N–H and O–H groups in total. The van der Waals surface area contributed by atoms with Crippen molar-refractivity contribution in [2.75, 3.05) is 6.61 Å². The maximum atomic E-state index is 11.1. The molecule has 0 heterocycles. The number of aliphatic carboxylic acids is 1. The summed E-state index contributed by atoms with van der Waals surface area (Å²) >= 11 is 11.2. The van der Waals surface area contributed by atoms with Crippen LogP contribution in [-0.4, -0.2) is 33.0 Å². The molecule has 1 unspecified atom stereocenters. The van der Waals surface area contributed by atoms with Crippen molar-refractivity contribution >= 4 is 49.8 Å². The molecule has 0 aliphatic carbocycles. The van der Waals surface area contributed by atoms with E-state index in [4.69, 9.17) is 5.11 Å². The summed E-state index contributed by atoms with van der Waals surface area (Å²) in [5.74, 6) is -2.09. The third-order valence-electron chi connectivity index (χ3n) is 1.19. The Hall–Kier alpha value is -0.0100. The highest BCUT2D eigenvalue weighted by molar-refractivity contribution is 8.03. The molecule has 4 nitrogen and oxygen atoms in total. The topological polar surface area (TPSA) is 63.6 Å². The minimum absolute atomic E-state index is 0.141. The molecular weight excluding hydrogens is 232 g/mol. The smallest absolute Gasteiger partial charge is 0.333 e. The van der Waals surface area contributed by atoms with Crippen LogP contribution in [0, 0.1) is 0 Å². The molecule has 0 aromatic heterocycles. The number of carboxylic acids is 1. The van der Waals surface area contributed by atoms with Crippen molar-refractivity contribution in [2.24, 2.45) is 0 Å². The average Bonchev–Trinajstić information content (AvgIpc) is 2.03. The maximum absolute atomic E-state index is 11.1. The van der Waals surface area contributed by atoms with Gasteiger partial charge in [0, 0.05) is 0 Å². The lowest BCUT2D eigenvalue weighted by atomic mass is 10.3. The highest BCUT2D eigenvalue weighted by atomic mass is 32.2. The SMILES string of the molecule is CCOC(=O)C(S)(S)C(S)C(=O)O. The van der Waals surface area contributed by atoms with Gasteiger partial charge in [0.1, 0.15) is 5.25 Å². The highest BCUT2D eigenvalue weighted by Gasteiger charge is 2.43. The molecule has 0 aliphatic rings. The van der Waals surface area contributed by atoms with Gasteiger partial charge in [0.2, 0.25) is 0 Å². The van der Waals surface area contributed by atoms with E-state index in [1.165, 1.54) is 0 Å². The molecule has 76 valence electrons. The van der Waals surface area contributed by atoms with Crippen LogP contribution in [0.1, 0.15) is 6.92 Å². The molecule has 13 heavy (non-hydrogen) atoms. The summed E-state index contributed by atoms with van der Waals surface area (Å²) in [6, 6.07) is 0. The minimum atomic E-state index is -1.72. The lowest BCUT2D eigenvalue weighted by Gasteiger charge is -2.23. The molecule has 1 atom stereocenters. The number of ether oxygens (including phenoxy) is 1. The van der Waals surface area contributed by atoms with Crippen molar-refractivity contribution < 1.29 is 19.4 Å². The van der Waals surface area contributed by atoms with Crippen LogP contribution in [0.25, 0.3) is 0 Å². The number of carbonyl (C=O) groups is 2. The fourth-order valence-corrected chi connectivity index (χ4v) is 0.977. The van der Waals surface area contributed by atoms with Gasteiger partial charge < -0.3 is 9.84 Å². The maximum Gasteiger partial charge on any atom is 0.333 e. The molecule has 0 radical (unpaired) electrons. The summed E-state index contributed by atoms with van der Waals surface area (Å²) < 4.78 is 2.86. The zero-order valence-corrected chi connectivity index (χ0v) is 9.48. The highest BCUT2D eigenvalue weighted by Crippen LogP contribution is 2.29. The fourth-order valence-electron chi connectivity index (χ4n) is 0.521. The van der Waals surface area contributed by atoms with E-state index in [1.54, 1.807) is 6.92 Å². The summed E-state index contributed by atoms with van der Waals surface area (Å²) in [4.78, 5) is 21.6. The molecule has 0 spiro atoms. The van der Waals surface area contributed by atoms with E-state index in [-0.39, 0.29) is 6.61 Å². The van der Waals surface area contributed by atoms with Crippen molar-refractivity contribution in [3.63, 3.8) is 0 Å². The van der Waals surface area contributed by atoms with Gasteiger partial charge in [0.05, 0.1) is 6.61 Å². The van der Waals surface area contributed by atoms with Gasteiger partial charge in [0.25, 0.3) is 0 Å². The van der Waals surface area contributed by atoms with Crippen molar-refractivity contribution in [2.45, 2.75) is 16.3 Å². The molecule has 7 heteroatoms. The average molecular weight is 242 g/mol. The lowest BCUT2D eigenvalue weighted by molar-refractivity contribution is -0.147. The van der Waals surface area contributed by atoms with Crippen LogP contribution in [0.3, 0.4) is 0 Å². The van der Waals surface area contributed by atoms with Crippen LogP contribution in [0.15, 0.2) is 0 Å². The molecule has 0 saturated heterocycles. The summed E-state index contributed by atoms with van der Waals surface area (Å²) in [6.45, 7) is 1.74. The number of rotatable bonds is 4. The molecule has 0 amide bonds. The van der Waals surface area contributed by atoms with Gasteiger partial charge in [0.15, 0.2) is 4.08 Å². The molecule has 0 aromatic carbocycles. The first-order chi connectivity index (χ1) is 5.84. The lowest BCUT2D eigenvalue weighted by Crippen LogP contribution is -2.42. The van der Waals surface area contributed by atoms with Gasteiger partial charge in [-0.05, 0) is 6.92 Å². The van der Waals surface area contributed by atoms with Crippen LogP contribution >= 0.6 is 37.9 Å². The summed E-state index contributed by atoms with van der Waals surface area (Å²) in [5, 5.41) is 7.23. The number of hydrogen-bond donors (Lipinski definition) is 4. The van der Waals surface area contributed by atoms with E-state index in [2.05, 4.69) is 42.6 Å². The number of esters is 1. The quantitative estimate of drug-likeness (QED) is 0.329. The fraction of sp³-hybridized carbons (Fsp3) is 0.667. The van der Waals surface area contributed by atoms with Crippen LogP contribution in [0.4, 0.5) is 0 Å². The standard InChI is InChI=1S/C6H10O4S3/c1-2-10-5(9)6(12,13)3(11)4(7)8/h3,11-13H,2H2,1H3,(H,7,8). The van der Waals surface area contributed by atoms with Gasteiger partial charge >= 0.3 is 11.9 Å². The van der Waals surface area contributed by atoms with Crippen LogP contribution in [-0.2, 0) is 14.3 Å². The Labute approximate surface area is 92.3 Å². The van der Waals surface area contributed by atoms with Crippen molar-refractivity contribution in [1.29, 1.82) is 0 Å².